The molecule has 1 N–H and O–H groups in total. The van der Waals surface area contributed by atoms with Gasteiger partial charge in [-0.25, -0.2) is 0 Å². The van der Waals surface area contributed by atoms with E-state index in [0.717, 1.165) is 20.0 Å². The second-order valence-corrected chi connectivity index (χ2v) is 5.16. The largest absolute Gasteiger partial charge is 0.353 e. The fourth-order valence-electron chi connectivity index (χ4n) is 1.88. The monoisotopic (exact) mass is 323 g/mol. The van der Waals surface area contributed by atoms with Crippen LogP contribution in [-0.2, 0) is 0 Å². The Balaban J connectivity index is 2.63. The van der Waals surface area contributed by atoms with Crippen LogP contribution < -0.4 is 0 Å². The first-order chi connectivity index (χ1) is 7.27. The summed E-state index contributed by atoms with van der Waals surface area (Å²) in [5, 5.41) is 2.50. The number of para-hydroxylation sites is 2. The molecular formula is C12H7Br2N. The Kier molecular flexibility index (Phi) is 2.11. The van der Waals surface area contributed by atoms with Gasteiger partial charge in [0.15, 0.2) is 0 Å². The first kappa shape index (κ1) is 9.43. The summed E-state index contributed by atoms with van der Waals surface area (Å²) in [4.78, 5) is 3.42. The topological polar surface area (TPSA) is 15.8 Å². The van der Waals surface area contributed by atoms with E-state index in [1.54, 1.807) is 0 Å². The molecule has 0 aliphatic carbocycles. The van der Waals surface area contributed by atoms with Gasteiger partial charge in [0.1, 0.15) is 0 Å². The minimum absolute atomic E-state index is 1.10. The fourth-order valence-corrected chi connectivity index (χ4v) is 2.81. The van der Waals surface area contributed by atoms with Crippen LogP contribution in [0.2, 0.25) is 0 Å². The van der Waals surface area contributed by atoms with Gasteiger partial charge in [0.25, 0.3) is 0 Å². The normalized spacial score (nSPS) is 11.3. The van der Waals surface area contributed by atoms with Crippen LogP contribution in [0.5, 0.6) is 0 Å². The zero-order valence-electron chi connectivity index (χ0n) is 7.72. The number of aromatic nitrogens is 1. The molecule has 0 radical (unpaired) electrons. The highest BCUT2D eigenvalue weighted by Gasteiger charge is 2.07. The molecule has 3 rings (SSSR count). The van der Waals surface area contributed by atoms with E-state index < -0.39 is 0 Å². The molecule has 0 spiro atoms. The van der Waals surface area contributed by atoms with Crippen molar-refractivity contribution in [3.05, 3.63) is 45.3 Å². The Morgan fingerprint density at radius 3 is 1.67 bits per heavy atom. The molecular weight excluding hydrogens is 318 g/mol. The SMILES string of the molecule is Brc1cccc2c1[nH]c1c(Br)cccc12. The number of H-pyrrole nitrogens is 1. The molecule has 1 nitrogen and oxygen atoms in total. The number of rotatable bonds is 0. The summed E-state index contributed by atoms with van der Waals surface area (Å²) in [5.41, 5.74) is 2.30. The van der Waals surface area contributed by atoms with Crippen LogP contribution in [0.4, 0.5) is 0 Å². The van der Waals surface area contributed by atoms with Crippen molar-refractivity contribution < 1.29 is 0 Å². The third kappa shape index (κ3) is 1.34. The molecule has 2 aromatic carbocycles. The van der Waals surface area contributed by atoms with Crippen LogP contribution in [-0.4, -0.2) is 4.98 Å². The zero-order valence-corrected chi connectivity index (χ0v) is 10.9. The predicted molar refractivity (Wildman–Crippen MR) is 71.2 cm³/mol. The van der Waals surface area contributed by atoms with E-state index in [9.17, 15) is 0 Å². The molecule has 3 heteroatoms. The Hall–Kier alpha value is -0.800. The molecule has 74 valence electrons. The first-order valence-electron chi connectivity index (χ1n) is 4.62. The van der Waals surface area contributed by atoms with Crippen molar-refractivity contribution in [3.63, 3.8) is 0 Å². The Labute approximate surface area is 104 Å². The first-order valence-corrected chi connectivity index (χ1v) is 6.20. The predicted octanol–water partition coefficient (Wildman–Crippen LogP) is 4.85. The average molecular weight is 325 g/mol. The van der Waals surface area contributed by atoms with E-state index >= 15 is 0 Å². The van der Waals surface area contributed by atoms with E-state index in [1.807, 2.05) is 12.1 Å². The molecule has 0 unspecified atom stereocenters. The average Bonchev–Trinajstić information content (AvgIpc) is 2.60. The fraction of sp³-hybridized carbons (Fsp3) is 0. The van der Waals surface area contributed by atoms with Crippen LogP contribution in [0.25, 0.3) is 21.8 Å². The number of fused-ring (bicyclic) bond motifs is 3. The molecule has 1 aromatic heterocycles. The summed E-state index contributed by atoms with van der Waals surface area (Å²) in [7, 11) is 0. The van der Waals surface area contributed by atoms with Crippen LogP contribution in [0.1, 0.15) is 0 Å². The van der Waals surface area contributed by atoms with Crippen molar-refractivity contribution in [3.8, 4) is 0 Å². The number of nitrogens with one attached hydrogen (secondary N) is 1. The highest BCUT2D eigenvalue weighted by Crippen LogP contribution is 2.33. The van der Waals surface area contributed by atoms with Crippen LogP contribution in [0, 0.1) is 0 Å². The summed E-state index contributed by atoms with van der Waals surface area (Å²) in [6, 6.07) is 12.5. The second-order valence-electron chi connectivity index (χ2n) is 3.45. The van der Waals surface area contributed by atoms with Crippen molar-refractivity contribution in [2.75, 3.05) is 0 Å². The Bertz CT molecular complexity index is 599. The number of hydrogen-bond acceptors (Lipinski definition) is 0. The van der Waals surface area contributed by atoms with E-state index in [0.29, 0.717) is 0 Å². The summed E-state index contributed by atoms with van der Waals surface area (Å²) in [6.45, 7) is 0. The number of hydrogen-bond donors (Lipinski definition) is 1. The van der Waals surface area contributed by atoms with Gasteiger partial charge >= 0.3 is 0 Å². The van der Waals surface area contributed by atoms with Gasteiger partial charge in [-0.15, -0.1) is 0 Å². The number of aromatic amines is 1. The van der Waals surface area contributed by atoms with Gasteiger partial charge in [0.2, 0.25) is 0 Å². The van der Waals surface area contributed by atoms with Crippen molar-refractivity contribution >= 4 is 53.7 Å². The smallest absolute Gasteiger partial charge is 0.0609 e. The third-order valence-electron chi connectivity index (χ3n) is 2.57. The Morgan fingerprint density at radius 1 is 0.733 bits per heavy atom. The van der Waals surface area contributed by atoms with Crippen molar-refractivity contribution in [2.24, 2.45) is 0 Å². The van der Waals surface area contributed by atoms with Crippen molar-refractivity contribution in [2.45, 2.75) is 0 Å². The van der Waals surface area contributed by atoms with Crippen molar-refractivity contribution in [1.29, 1.82) is 0 Å². The standard InChI is InChI=1S/C12H7Br2N/c13-9-5-1-3-7-8-4-2-6-10(14)12(8)15-11(7)9/h1-6,15H. The summed E-state index contributed by atoms with van der Waals surface area (Å²) in [6.07, 6.45) is 0. The summed E-state index contributed by atoms with van der Waals surface area (Å²) in [5.74, 6) is 0. The second kappa shape index (κ2) is 3.35. The van der Waals surface area contributed by atoms with Crippen LogP contribution in [0.3, 0.4) is 0 Å². The maximum absolute atomic E-state index is 3.55. The van der Waals surface area contributed by atoms with E-state index in [2.05, 4.69) is 61.1 Å². The molecule has 0 aliphatic heterocycles. The molecule has 1 heterocycles. The molecule has 0 bridgehead atoms. The van der Waals surface area contributed by atoms with Crippen LogP contribution >= 0.6 is 31.9 Å². The molecule has 0 saturated carbocycles. The zero-order chi connectivity index (χ0) is 10.4. The molecule has 15 heavy (non-hydrogen) atoms. The van der Waals surface area contributed by atoms with E-state index in [4.69, 9.17) is 0 Å². The van der Waals surface area contributed by atoms with Crippen molar-refractivity contribution in [1.82, 2.24) is 4.98 Å². The molecule has 0 fully saturated rings. The van der Waals surface area contributed by atoms with E-state index in [1.165, 1.54) is 10.8 Å². The van der Waals surface area contributed by atoms with Gasteiger partial charge in [-0.1, -0.05) is 24.3 Å². The number of halogens is 2. The highest BCUT2D eigenvalue weighted by atomic mass is 79.9. The third-order valence-corrected chi connectivity index (χ3v) is 3.89. The van der Waals surface area contributed by atoms with Gasteiger partial charge < -0.3 is 4.98 Å². The van der Waals surface area contributed by atoms with Gasteiger partial charge in [0, 0.05) is 19.7 Å². The number of benzene rings is 2. The molecule has 3 aromatic rings. The Morgan fingerprint density at radius 2 is 1.20 bits per heavy atom. The lowest BCUT2D eigenvalue weighted by Gasteiger charge is -1.92. The van der Waals surface area contributed by atoms with Crippen LogP contribution in [0.15, 0.2) is 45.3 Å². The summed E-state index contributed by atoms with van der Waals surface area (Å²) >= 11 is 7.11. The summed E-state index contributed by atoms with van der Waals surface area (Å²) < 4.78 is 2.20. The lowest BCUT2D eigenvalue weighted by atomic mass is 10.2. The molecule has 0 saturated heterocycles. The van der Waals surface area contributed by atoms with Gasteiger partial charge in [-0.2, -0.15) is 0 Å². The molecule has 0 aliphatic rings. The lowest BCUT2D eigenvalue weighted by Crippen LogP contribution is -1.69. The maximum atomic E-state index is 3.55. The van der Waals surface area contributed by atoms with E-state index in [-0.39, 0.29) is 0 Å². The lowest BCUT2D eigenvalue weighted by molar-refractivity contribution is 1.51. The highest BCUT2D eigenvalue weighted by molar-refractivity contribution is 9.11. The van der Waals surface area contributed by atoms with Gasteiger partial charge in [0.05, 0.1) is 11.0 Å². The molecule has 0 atom stereocenters. The minimum atomic E-state index is 1.10. The maximum Gasteiger partial charge on any atom is 0.0609 e. The quantitative estimate of drug-likeness (QED) is 0.608. The molecule has 0 amide bonds. The van der Waals surface area contributed by atoms with Gasteiger partial charge in [-0.3, -0.25) is 0 Å². The minimum Gasteiger partial charge on any atom is -0.353 e. The van der Waals surface area contributed by atoms with Gasteiger partial charge in [-0.05, 0) is 44.0 Å².